The average molecular weight is 355 g/mol. The molecule has 0 radical (unpaired) electrons. The summed E-state index contributed by atoms with van der Waals surface area (Å²) < 4.78 is 0. The van der Waals surface area contributed by atoms with Crippen LogP contribution in [-0.2, 0) is 0 Å². The molecular formula is C17H11ClN4OS. The summed E-state index contributed by atoms with van der Waals surface area (Å²) in [5, 5.41) is 19.8. The first-order valence-corrected chi connectivity index (χ1v) is 8.36. The molecule has 0 aliphatic heterocycles. The lowest BCUT2D eigenvalue weighted by molar-refractivity contribution is 0.477. The third-order valence-electron chi connectivity index (χ3n) is 3.77. The predicted octanol–water partition coefficient (Wildman–Crippen LogP) is 4.48. The van der Waals surface area contributed by atoms with Gasteiger partial charge in [0.25, 0.3) is 0 Å². The summed E-state index contributed by atoms with van der Waals surface area (Å²) in [4.78, 5) is 9.93. The second-order valence-electron chi connectivity index (χ2n) is 5.26. The molecule has 4 aromatic rings. The number of nitrogens with zero attached hydrogens (tertiary/aromatic N) is 4. The van der Waals surface area contributed by atoms with Crippen molar-refractivity contribution in [2.75, 3.05) is 0 Å². The van der Waals surface area contributed by atoms with Crippen molar-refractivity contribution in [2.24, 2.45) is 0 Å². The smallest absolute Gasteiger partial charge is 0.222 e. The maximum absolute atomic E-state index is 10.0. The van der Waals surface area contributed by atoms with Crippen LogP contribution in [0.25, 0.3) is 31.9 Å². The van der Waals surface area contributed by atoms with E-state index in [0.29, 0.717) is 11.3 Å². The zero-order chi connectivity index (χ0) is 16.7. The second kappa shape index (κ2) is 5.81. The second-order valence-corrected chi connectivity index (χ2v) is 6.60. The van der Waals surface area contributed by atoms with Gasteiger partial charge >= 0.3 is 0 Å². The number of aromatic nitrogens is 4. The van der Waals surface area contributed by atoms with Gasteiger partial charge < -0.3 is 5.11 Å². The number of rotatable bonds is 2. The van der Waals surface area contributed by atoms with Crippen LogP contribution in [0.4, 0.5) is 0 Å². The highest BCUT2D eigenvalue weighted by Gasteiger charge is 2.15. The number of halogens is 1. The summed E-state index contributed by atoms with van der Waals surface area (Å²) in [6.07, 6.45) is 3.40. The molecule has 1 aromatic carbocycles. The molecule has 0 fully saturated rings. The highest BCUT2D eigenvalue weighted by atomic mass is 35.5. The SMILES string of the molecule is Cc1c(-c2cnc(Cl)nc2)sc2nnc(-c3ccccc3O)cc12. The molecule has 0 atom stereocenters. The number of hydrogen-bond acceptors (Lipinski definition) is 6. The fourth-order valence-corrected chi connectivity index (χ4v) is 3.73. The zero-order valence-corrected chi connectivity index (χ0v) is 14.1. The topological polar surface area (TPSA) is 71.8 Å². The van der Waals surface area contributed by atoms with Gasteiger partial charge in [-0.3, -0.25) is 0 Å². The number of phenols is 1. The van der Waals surface area contributed by atoms with Crippen LogP contribution >= 0.6 is 22.9 Å². The van der Waals surface area contributed by atoms with E-state index < -0.39 is 0 Å². The summed E-state index contributed by atoms with van der Waals surface area (Å²) in [5.74, 6) is 0.186. The molecule has 118 valence electrons. The monoisotopic (exact) mass is 354 g/mol. The maximum Gasteiger partial charge on any atom is 0.222 e. The van der Waals surface area contributed by atoms with Crippen molar-refractivity contribution < 1.29 is 5.11 Å². The van der Waals surface area contributed by atoms with E-state index in [0.717, 1.165) is 26.2 Å². The first-order valence-electron chi connectivity index (χ1n) is 7.16. The number of aryl methyl sites for hydroxylation is 1. The van der Waals surface area contributed by atoms with E-state index in [2.05, 4.69) is 20.2 Å². The van der Waals surface area contributed by atoms with E-state index in [-0.39, 0.29) is 11.0 Å². The Labute approximate surface area is 146 Å². The molecule has 0 bridgehead atoms. The Kier molecular flexibility index (Phi) is 3.63. The van der Waals surface area contributed by atoms with Crippen LogP contribution in [0.5, 0.6) is 5.75 Å². The van der Waals surface area contributed by atoms with Crippen LogP contribution < -0.4 is 0 Å². The lowest BCUT2D eigenvalue weighted by Gasteiger charge is -2.03. The largest absolute Gasteiger partial charge is 0.507 e. The number of aromatic hydroxyl groups is 1. The van der Waals surface area contributed by atoms with Gasteiger partial charge in [-0.25, -0.2) is 9.97 Å². The Hall–Kier alpha value is -2.57. The minimum Gasteiger partial charge on any atom is -0.507 e. The number of para-hydroxylation sites is 1. The van der Waals surface area contributed by atoms with Crippen molar-refractivity contribution >= 4 is 33.2 Å². The van der Waals surface area contributed by atoms with Crippen LogP contribution in [0, 0.1) is 6.92 Å². The first-order chi connectivity index (χ1) is 11.6. The molecule has 3 aromatic heterocycles. The molecule has 5 nitrogen and oxygen atoms in total. The van der Waals surface area contributed by atoms with Gasteiger partial charge in [0.05, 0.1) is 5.69 Å². The summed E-state index contributed by atoms with van der Waals surface area (Å²) in [7, 11) is 0. The van der Waals surface area contributed by atoms with Crippen molar-refractivity contribution in [3.05, 3.63) is 53.6 Å². The van der Waals surface area contributed by atoms with Gasteiger partial charge in [0.1, 0.15) is 10.6 Å². The molecular weight excluding hydrogens is 344 g/mol. The van der Waals surface area contributed by atoms with Crippen LogP contribution in [0.2, 0.25) is 5.28 Å². The van der Waals surface area contributed by atoms with Crippen LogP contribution in [0.1, 0.15) is 5.56 Å². The van der Waals surface area contributed by atoms with E-state index in [1.54, 1.807) is 24.5 Å². The summed E-state index contributed by atoms with van der Waals surface area (Å²) in [6.45, 7) is 2.03. The maximum atomic E-state index is 10.0. The first kappa shape index (κ1) is 15.0. The lowest BCUT2D eigenvalue weighted by atomic mass is 10.1. The standard InChI is InChI=1S/C17H11ClN4OS/c1-9-12-6-13(11-4-2-3-5-14(11)23)21-22-16(12)24-15(9)10-7-19-17(18)20-8-10/h2-8,23H,1H3. The minimum absolute atomic E-state index is 0.186. The number of thiophene rings is 1. The molecule has 0 saturated heterocycles. The normalized spacial score (nSPS) is 11.1. The molecule has 0 unspecified atom stereocenters. The van der Waals surface area contributed by atoms with Gasteiger partial charge in [0, 0.05) is 33.8 Å². The number of benzene rings is 1. The van der Waals surface area contributed by atoms with E-state index in [9.17, 15) is 5.11 Å². The molecule has 0 aliphatic carbocycles. The molecule has 0 saturated carbocycles. The van der Waals surface area contributed by atoms with E-state index >= 15 is 0 Å². The molecule has 3 heterocycles. The van der Waals surface area contributed by atoms with Crippen LogP contribution in [0.3, 0.4) is 0 Å². The van der Waals surface area contributed by atoms with Gasteiger partial charge in [0.15, 0.2) is 0 Å². The van der Waals surface area contributed by atoms with Crippen molar-refractivity contribution in [2.45, 2.75) is 6.92 Å². The summed E-state index contributed by atoms with van der Waals surface area (Å²) in [6, 6.07) is 9.04. The third kappa shape index (κ3) is 2.50. The fraction of sp³-hybridized carbons (Fsp3) is 0.0588. The van der Waals surface area contributed by atoms with E-state index in [1.807, 2.05) is 25.1 Å². The summed E-state index contributed by atoms with van der Waals surface area (Å²) >= 11 is 7.29. The fourth-order valence-electron chi connectivity index (χ4n) is 2.55. The molecule has 0 aliphatic rings. The minimum atomic E-state index is 0.186. The van der Waals surface area contributed by atoms with Crippen molar-refractivity contribution in [1.82, 2.24) is 20.2 Å². The number of phenolic OH excluding ortho intramolecular Hbond substituents is 1. The van der Waals surface area contributed by atoms with E-state index in [1.165, 1.54) is 11.3 Å². The molecule has 1 N–H and O–H groups in total. The highest BCUT2D eigenvalue weighted by molar-refractivity contribution is 7.22. The Morgan fingerprint density at radius 1 is 1.08 bits per heavy atom. The Bertz CT molecular complexity index is 1050. The predicted molar refractivity (Wildman–Crippen MR) is 95.3 cm³/mol. The Morgan fingerprint density at radius 3 is 2.58 bits per heavy atom. The van der Waals surface area contributed by atoms with Gasteiger partial charge in [-0.1, -0.05) is 12.1 Å². The third-order valence-corrected chi connectivity index (χ3v) is 5.20. The van der Waals surface area contributed by atoms with Gasteiger partial charge in [0.2, 0.25) is 5.28 Å². The Balaban J connectivity index is 1.88. The van der Waals surface area contributed by atoms with Crippen molar-refractivity contribution in [3.8, 4) is 27.4 Å². The van der Waals surface area contributed by atoms with Crippen molar-refractivity contribution in [3.63, 3.8) is 0 Å². The van der Waals surface area contributed by atoms with Crippen molar-refractivity contribution in [1.29, 1.82) is 0 Å². The van der Waals surface area contributed by atoms with Gasteiger partial charge in [-0.2, -0.15) is 0 Å². The molecule has 7 heteroatoms. The molecule has 24 heavy (non-hydrogen) atoms. The average Bonchev–Trinajstić information content (AvgIpc) is 2.92. The number of fused-ring (bicyclic) bond motifs is 1. The van der Waals surface area contributed by atoms with Gasteiger partial charge in [-0.05, 0) is 42.3 Å². The zero-order valence-electron chi connectivity index (χ0n) is 12.6. The van der Waals surface area contributed by atoms with E-state index in [4.69, 9.17) is 11.6 Å². The number of hydrogen-bond donors (Lipinski definition) is 1. The van der Waals surface area contributed by atoms with Crippen LogP contribution in [0.15, 0.2) is 42.7 Å². The molecule has 0 amide bonds. The lowest BCUT2D eigenvalue weighted by Crippen LogP contribution is -1.88. The Morgan fingerprint density at radius 2 is 1.83 bits per heavy atom. The molecule has 0 spiro atoms. The molecule has 4 rings (SSSR count). The van der Waals surface area contributed by atoms with Gasteiger partial charge in [-0.15, -0.1) is 21.5 Å². The highest BCUT2D eigenvalue weighted by Crippen LogP contribution is 2.38. The quantitative estimate of drug-likeness (QED) is 0.537. The van der Waals surface area contributed by atoms with Crippen LogP contribution in [-0.4, -0.2) is 25.3 Å². The summed E-state index contributed by atoms with van der Waals surface area (Å²) in [5.41, 5.74) is 3.27.